The molecule has 0 radical (unpaired) electrons. The van der Waals surface area contributed by atoms with Crippen molar-refractivity contribution in [2.24, 2.45) is 11.8 Å². The van der Waals surface area contributed by atoms with Crippen molar-refractivity contribution in [3.63, 3.8) is 0 Å². The molecule has 0 saturated heterocycles. The molecule has 5 heteroatoms. The first-order chi connectivity index (χ1) is 8.11. The maximum absolute atomic E-state index is 12.0. The largest absolute Gasteiger partial charge is 0.468 e. The number of allylic oxidation sites excluding steroid dienone is 3. The molecule has 0 N–H and O–H groups in total. The van der Waals surface area contributed by atoms with Gasteiger partial charge in [0.15, 0.2) is 5.78 Å². The third-order valence-corrected chi connectivity index (χ3v) is 3.14. The second-order valence-electron chi connectivity index (χ2n) is 3.91. The van der Waals surface area contributed by atoms with Gasteiger partial charge in [-0.3, -0.25) is 9.59 Å². The van der Waals surface area contributed by atoms with Crippen molar-refractivity contribution in [3.05, 3.63) is 23.3 Å². The van der Waals surface area contributed by atoms with Gasteiger partial charge < -0.3 is 9.47 Å². The van der Waals surface area contributed by atoms with E-state index in [4.69, 9.17) is 0 Å². The molecule has 2 aliphatic carbocycles. The Kier molecular flexibility index (Phi) is 2.83. The summed E-state index contributed by atoms with van der Waals surface area (Å²) in [5, 5.41) is 0. The molecule has 0 aliphatic heterocycles. The maximum Gasteiger partial charge on any atom is 0.341 e. The highest BCUT2D eigenvalue weighted by molar-refractivity contribution is 6.25. The molecular formula is C12H12O5. The Morgan fingerprint density at radius 2 is 2.00 bits per heavy atom. The fraction of sp³-hybridized carbons (Fsp3) is 0.417. The average molecular weight is 236 g/mol. The predicted octanol–water partition coefficient (Wildman–Crippen LogP) is 0.404. The van der Waals surface area contributed by atoms with Gasteiger partial charge in [0.1, 0.15) is 11.5 Å². The first-order valence-electron chi connectivity index (χ1n) is 5.21. The Labute approximate surface area is 98.1 Å². The summed E-state index contributed by atoms with van der Waals surface area (Å²) in [6, 6.07) is 0. The van der Waals surface area contributed by atoms with E-state index in [1.54, 1.807) is 6.08 Å². The van der Waals surface area contributed by atoms with Crippen LogP contribution in [0.5, 0.6) is 0 Å². The van der Waals surface area contributed by atoms with Gasteiger partial charge in [-0.2, -0.15) is 0 Å². The number of rotatable bonds is 2. The molecule has 17 heavy (non-hydrogen) atoms. The minimum absolute atomic E-state index is 0.0119. The molecule has 2 unspecified atom stereocenters. The van der Waals surface area contributed by atoms with Gasteiger partial charge in [-0.25, -0.2) is 4.79 Å². The van der Waals surface area contributed by atoms with Gasteiger partial charge >= 0.3 is 11.9 Å². The summed E-state index contributed by atoms with van der Waals surface area (Å²) in [4.78, 5) is 35.1. The topological polar surface area (TPSA) is 69.7 Å². The molecule has 0 fully saturated rings. The number of Topliss-reactive ketones (excluding diaryl/α,β-unsaturated/α-hetero) is 1. The van der Waals surface area contributed by atoms with Crippen molar-refractivity contribution in [2.45, 2.75) is 6.42 Å². The van der Waals surface area contributed by atoms with Crippen molar-refractivity contribution >= 4 is 17.7 Å². The number of hydrogen-bond donors (Lipinski definition) is 0. The molecular weight excluding hydrogens is 224 g/mol. The van der Waals surface area contributed by atoms with Crippen LogP contribution in [0, 0.1) is 11.8 Å². The zero-order valence-corrected chi connectivity index (χ0v) is 9.56. The molecule has 0 aromatic heterocycles. The SMILES string of the molecule is COC(=O)C1=C2CC=CC2C(C(=O)OC)C1=O. The number of esters is 2. The van der Waals surface area contributed by atoms with Gasteiger partial charge in [-0.15, -0.1) is 0 Å². The highest BCUT2D eigenvalue weighted by atomic mass is 16.5. The Morgan fingerprint density at radius 3 is 2.59 bits per heavy atom. The van der Waals surface area contributed by atoms with E-state index in [2.05, 4.69) is 9.47 Å². The second-order valence-corrected chi connectivity index (χ2v) is 3.91. The van der Waals surface area contributed by atoms with E-state index in [0.29, 0.717) is 12.0 Å². The predicted molar refractivity (Wildman–Crippen MR) is 56.8 cm³/mol. The van der Waals surface area contributed by atoms with E-state index in [0.717, 1.165) is 0 Å². The normalized spacial score (nSPS) is 26.1. The van der Waals surface area contributed by atoms with Crippen LogP contribution in [-0.2, 0) is 23.9 Å². The van der Waals surface area contributed by atoms with Gasteiger partial charge in [0.2, 0.25) is 0 Å². The first kappa shape index (κ1) is 11.6. The maximum atomic E-state index is 12.0. The van der Waals surface area contributed by atoms with Crippen LogP contribution in [0.2, 0.25) is 0 Å². The van der Waals surface area contributed by atoms with E-state index < -0.39 is 23.6 Å². The highest BCUT2D eigenvalue weighted by Crippen LogP contribution is 2.42. The first-order valence-corrected chi connectivity index (χ1v) is 5.21. The summed E-state index contributed by atoms with van der Waals surface area (Å²) in [6.45, 7) is 0. The van der Waals surface area contributed by atoms with E-state index in [-0.39, 0.29) is 11.5 Å². The molecule has 0 aromatic rings. The fourth-order valence-corrected chi connectivity index (χ4v) is 2.37. The van der Waals surface area contributed by atoms with Crippen molar-refractivity contribution < 1.29 is 23.9 Å². The Hall–Kier alpha value is -1.91. The van der Waals surface area contributed by atoms with Crippen LogP contribution in [-0.4, -0.2) is 31.9 Å². The lowest BCUT2D eigenvalue weighted by molar-refractivity contribution is -0.149. The smallest absolute Gasteiger partial charge is 0.341 e. The summed E-state index contributed by atoms with van der Waals surface area (Å²) in [5.74, 6) is -3.05. The fourth-order valence-electron chi connectivity index (χ4n) is 2.37. The lowest BCUT2D eigenvalue weighted by Crippen LogP contribution is -2.28. The van der Waals surface area contributed by atoms with Crippen LogP contribution in [0.3, 0.4) is 0 Å². The summed E-state index contributed by atoms with van der Waals surface area (Å²) < 4.78 is 9.18. The number of methoxy groups -OCH3 is 2. The highest BCUT2D eigenvalue weighted by Gasteiger charge is 2.49. The number of ketones is 1. The summed E-state index contributed by atoms with van der Waals surface area (Å²) >= 11 is 0. The molecule has 90 valence electrons. The molecule has 0 heterocycles. The lowest BCUT2D eigenvalue weighted by atomic mass is 9.93. The molecule has 0 saturated carbocycles. The van der Waals surface area contributed by atoms with E-state index in [1.165, 1.54) is 14.2 Å². The number of ether oxygens (including phenoxy) is 2. The number of hydrogen-bond acceptors (Lipinski definition) is 5. The monoisotopic (exact) mass is 236 g/mol. The summed E-state index contributed by atoms with van der Waals surface area (Å²) in [6.07, 6.45) is 4.12. The van der Waals surface area contributed by atoms with Crippen molar-refractivity contribution in [1.29, 1.82) is 0 Å². The van der Waals surface area contributed by atoms with Gasteiger partial charge in [0, 0.05) is 5.92 Å². The van der Waals surface area contributed by atoms with Gasteiger partial charge in [0.05, 0.1) is 14.2 Å². The molecule has 5 nitrogen and oxygen atoms in total. The molecule has 2 aliphatic rings. The van der Waals surface area contributed by atoms with Crippen LogP contribution < -0.4 is 0 Å². The van der Waals surface area contributed by atoms with Crippen molar-refractivity contribution in [2.75, 3.05) is 14.2 Å². The third-order valence-electron chi connectivity index (χ3n) is 3.14. The standard InChI is InChI=1S/C12H12O5/c1-16-11(14)8-6-4-3-5-7(6)9(10(8)13)12(15)17-2/h3-4,6,8H,5H2,1-2H3. The Morgan fingerprint density at radius 1 is 1.29 bits per heavy atom. The average Bonchev–Trinajstić information content (AvgIpc) is 2.86. The Bertz CT molecular complexity index is 458. The van der Waals surface area contributed by atoms with Gasteiger partial charge in [0.25, 0.3) is 0 Å². The van der Waals surface area contributed by atoms with Crippen molar-refractivity contribution in [1.82, 2.24) is 0 Å². The minimum Gasteiger partial charge on any atom is -0.468 e. The summed E-state index contributed by atoms with van der Waals surface area (Å²) in [5.41, 5.74) is 0.676. The quantitative estimate of drug-likeness (QED) is 0.300. The zero-order valence-electron chi connectivity index (χ0n) is 9.56. The van der Waals surface area contributed by atoms with Crippen LogP contribution in [0.4, 0.5) is 0 Å². The molecule has 0 bridgehead atoms. The van der Waals surface area contributed by atoms with Crippen LogP contribution in [0.1, 0.15) is 6.42 Å². The second kappa shape index (κ2) is 4.16. The van der Waals surface area contributed by atoms with Crippen LogP contribution in [0.25, 0.3) is 0 Å². The molecule has 2 rings (SSSR count). The minimum atomic E-state index is -0.928. The molecule has 0 spiro atoms. The number of fused-ring (bicyclic) bond motifs is 1. The third kappa shape index (κ3) is 1.58. The van der Waals surface area contributed by atoms with E-state index >= 15 is 0 Å². The Balaban J connectivity index is 2.41. The molecule has 0 aromatic carbocycles. The molecule has 2 atom stereocenters. The van der Waals surface area contributed by atoms with Crippen molar-refractivity contribution in [3.8, 4) is 0 Å². The number of carbonyl (C=O) groups is 3. The van der Waals surface area contributed by atoms with Gasteiger partial charge in [-0.05, 0) is 12.0 Å². The zero-order chi connectivity index (χ0) is 12.6. The van der Waals surface area contributed by atoms with E-state index in [9.17, 15) is 14.4 Å². The van der Waals surface area contributed by atoms with E-state index in [1.807, 2.05) is 6.08 Å². The summed E-state index contributed by atoms with van der Waals surface area (Å²) in [7, 11) is 2.44. The lowest BCUT2D eigenvalue weighted by Gasteiger charge is -2.11. The number of carbonyl (C=O) groups excluding carboxylic acids is 3. The molecule has 0 amide bonds. The van der Waals surface area contributed by atoms with Crippen LogP contribution >= 0.6 is 0 Å². The van der Waals surface area contributed by atoms with Crippen LogP contribution in [0.15, 0.2) is 23.3 Å². The van der Waals surface area contributed by atoms with Gasteiger partial charge in [-0.1, -0.05) is 12.2 Å².